The standard InChI is InChI=1S/C17H26N2O4.C3H8/c1-5-15(12(2)11-19(3)4)13-7-6-8-14(9-13)23-17(22)18-10-16(20)21;1-3-2/h6-9,12,15H,5,10-11H2,1-4H3,(H,18,22)(H,20,21);3H2,1-2H3. The van der Waals surface area contributed by atoms with Crippen LogP contribution in [-0.4, -0.2) is 49.3 Å². The van der Waals surface area contributed by atoms with Crippen LogP contribution in [0.1, 0.15) is 52.0 Å². The lowest BCUT2D eigenvalue weighted by Gasteiger charge is -2.26. The quantitative estimate of drug-likeness (QED) is 0.728. The van der Waals surface area contributed by atoms with Gasteiger partial charge in [0.2, 0.25) is 0 Å². The first-order valence-electron chi connectivity index (χ1n) is 9.17. The summed E-state index contributed by atoms with van der Waals surface area (Å²) in [6.45, 7) is 9.11. The second kappa shape index (κ2) is 13.2. The number of hydrogen-bond acceptors (Lipinski definition) is 4. The van der Waals surface area contributed by atoms with Crippen LogP contribution in [0.25, 0.3) is 0 Å². The van der Waals surface area contributed by atoms with E-state index in [1.165, 1.54) is 6.42 Å². The highest BCUT2D eigenvalue weighted by Gasteiger charge is 2.19. The zero-order chi connectivity index (χ0) is 20.1. The summed E-state index contributed by atoms with van der Waals surface area (Å²) in [7, 11) is 4.10. The third-order valence-corrected chi connectivity index (χ3v) is 3.66. The van der Waals surface area contributed by atoms with Gasteiger partial charge in [0.25, 0.3) is 0 Å². The number of carboxylic acids is 1. The van der Waals surface area contributed by atoms with Gasteiger partial charge in [0.1, 0.15) is 12.3 Å². The molecule has 2 N–H and O–H groups in total. The molecule has 0 aromatic heterocycles. The fourth-order valence-corrected chi connectivity index (χ4v) is 2.77. The molecule has 0 bridgehead atoms. The van der Waals surface area contributed by atoms with Crippen LogP contribution in [0.15, 0.2) is 24.3 Å². The predicted molar refractivity (Wildman–Crippen MR) is 105 cm³/mol. The number of ether oxygens (including phenoxy) is 1. The van der Waals surface area contributed by atoms with Crippen molar-refractivity contribution in [1.82, 2.24) is 10.2 Å². The van der Waals surface area contributed by atoms with Crippen molar-refractivity contribution in [3.8, 4) is 5.75 Å². The highest BCUT2D eigenvalue weighted by molar-refractivity contribution is 5.77. The molecular formula is C20H34N2O4. The molecule has 0 heterocycles. The molecule has 0 saturated heterocycles. The van der Waals surface area contributed by atoms with Gasteiger partial charge in [0.05, 0.1) is 0 Å². The molecule has 6 heteroatoms. The molecule has 1 aromatic carbocycles. The van der Waals surface area contributed by atoms with Crippen LogP contribution in [0.3, 0.4) is 0 Å². The molecule has 6 nitrogen and oxygen atoms in total. The van der Waals surface area contributed by atoms with Crippen LogP contribution in [0.4, 0.5) is 4.79 Å². The topological polar surface area (TPSA) is 78.9 Å². The van der Waals surface area contributed by atoms with E-state index in [0.717, 1.165) is 18.5 Å². The number of aliphatic carboxylic acids is 1. The summed E-state index contributed by atoms with van der Waals surface area (Å²) in [4.78, 5) is 24.1. The van der Waals surface area contributed by atoms with Crippen LogP contribution in [0.5, 0.6) is 5.75 Å². The first-order chi connectivity index (χ1) is 12.2. The first-order valence-corrected chi connectivity index (χ1v) is 9.17. The number of amides is 1. The number of benzene rings is 1. The Balaban J connectivity index is 0.00000194. The summed E-state index contributed by atoms with van der Waals surface area (Å²) in [5.41, 5.74) is 1.12. The number of rotatable bonds is 8. The SMILES string of the molecule is CCC.CCC(c1cccc(OC(=O)NCC(=O)O)c1)C(C)CN(C)C. The maximum Gasteiger partial charge on any atom is 0.413 e. The van der Waals surface area contributed by atoms with E-state index in [2.05, 4.69) is 52.0 Å². The van der Waals surface area contributed by atoms with Crippen molar-refractivity contribution < 1.29 is 19.4 Å². The monoisotopic (exact) mass is 366 g/mol. The molecule has 0 radical (unpaired) electrons. The molecular weight excluding hydrogens is 332 g/mol. The second-order valence-electron chi connectivity index (χ2n) is 6.67. The van der Waals surface area contributed by atoms with Gasteiger partial charge in [-0.2, -0.15) is 0 Å². The summed E-state index contributed by atoms with van der Waals surface area (Å²) in [6.07, 6.45) is 1.47. The molecule has 0 spiro atoms. The minimum Gasteiger partial charge on any atom is -0.480 e. The summed E-state index contributed by atoms with van der Waals surface area (Å²) >= 11 is 0. The summed E-state index contributed by atoms with van der Waals surface area (Å²) in [5, 5.41) is 10.7. The number of hydrogen-bond donors (Lipinski definition) is 2. The Bertz CT molecular complexity index is 546. The Morgan fingerprint density at radius 3 is 2.35 bits per heavy atom. The Morgan fingerprint density at radius 1 is 1.23 bits per heavy atom. The van der Waals surface area contributed by atoms with E-state index < -0.39 is 18.6 Å². The Labute approximate surface area is 157 Å². The van der Waals surface area contributed by atoms with Gasteiger partial charge in [-0.05, 0) is 50.0 Å². The van der Waals surface area contributed by atoms with Crippen molar-refractivity contribution in [3.63, 3.8) is 0 Å². The first kappa shape index (κ1) is 23.9. The largest absolute Gasteiger partial charge is 0.480 e. The third-order valence-electron chi connectivity index (χ3n) is 3.66. The lowest BCUT2D eigenvalue weighted by atomic mass is 9.85. The third kappa shape index (κ3) is 10.0. The highest BCUT2D eigenvalue weighted by Crippen LogP contribution is 2.30. The summed E-state index contributed by atoms with van der Waals surface area (Å²) in [6, 6.07) is 7.41. The highest BCUT2D eigenvalue weighted by atomic mass is 16.6. The molecule has 148 valence electrons. The van der Waals surface area contributed by atoms with E-state index in [-0.39, 0.29) is 0 Å². The predicted octanol–water partition coefficient (Wildman–Crippen LogP) is 3.97. The Morgan fingerprint density at radius 2 is 1.85 bits per heavy atom. The van der Waals surface area contributed by atoms with Crippen molar-refractivity contribution in [2.45, 2.75) is 46.5 Å². The fourth-order valence-electron chi connectivity index (χ4n) is 2.77. The van der Waals surface area contributed by atoms with Crippen molar-refractivity contribution in [2.75, 3.05) is 27.2 Å². The van der Waals surface area contributed by atoms with Gasteiger partial charge in [0.15, 0.2) is 0 Å². The van der Waals surface area contributed by atoms with Gasteiger partial charge in [-0.3, -0.25) is 4.79 Å². The molecule has 2 atom stereocenters. The van der Waals surface area contributed by atoms with Gasteiger partial charge in [-0.15, -0.1) is 0 Å². The van der Waals surface area contributed by atoms with Gasteiger partial charge in [-0.25, -0.2) is 4.79 Å². The fraction of sp³-hybridized carbons (Fsp3) is 0.600. The van der Waals surface area contributed by atoms with Crippen LogP contribution >= 0.6 is 0 Å². The molecule has 2 unspecified atom stereocenters. The van der Waals surface area contributed by atoms with Gasteiger partial charge in [-0.1, -0.05) is 46.2 Å². The molecule has 1 amide bonds. The van der Waals surface area contributed by atoms with E-state index in [1.807, 2.05) is 18.2 Å². The van der Waals surface area contributed by atoms with Crippen LogP contribution in [0.2, 0.25) is 0 Å². The number of nitrogens with one attached hydrogen (secondary N) is 1. The molecule has 0 aliphatic carbocycles. The number of carbonyl (C=O) groups is 2. The van der Waals surface area contributed by atoms with Gasteiger partial charge in [0, 0.05) is 6.54 Å². The average molecular weight is 367 g/mol. The molecule has 0 aliphatic heterocycles. The maximum atomic E-state index is 11.5. The minimum absolute atomic E-state index is 0.364. The second-order valence-corrected chi connectivity index (χ2v) is 6.67. The van der Waals surface area contributed by atoms with Crippen molar-refractivity contribution in [1.29, 1.82) is 0 Å². The van der Waals surface area contributed by atoms with E-state index in [0.29, 0.717) is 17.6 Å². The average Bonchev–Trinajstić information content (AvgIpc) is 2.54. The summed E-state index contributed by atoms with van der Waals surface area (Å²) in [5.74, 6) is 0.134. The maximum absolute atomic E-state index is 11.5. The van der Waals surface area contributed by atoms with Gasteiger partial charge >= 0.3 is 12.1 Å². The van der Waals surface area contributed by atoms with Crippen molar-refractivity contribution in [3.05, 3.63) is 29.8 Å². The zero-order valence-corrected chi connectivity index (χ0v) is 16.9. The van der Waals surface area contributed by atoms with E-state index in [4.69, 9.17) is 9.84 Å². The van der Waals surface area contributed by atoms with Crippen LogP contribution in [-0.2, 0) is 4.79 Å². The normalized spacial score (nSPS) is 12.6. The number of nitrogens with zero attached hydrogens (tertiary/aromatic N) is 1. The lowest BCUT2D eigenvalue weighted by Crippen LogP contribution is -2.31. The molecule has 1 aromatic rings. The lowest BCUT2D eigenvalue weighted by molar-refractivity contribution is -0.135. The smallest absolute Gasteiger partial charge is 0.413 e. The minimum atomic E-state index is -1.11. The zero-order valence-electron chi connectivity index (χ0n) is 16.9. The van der Waals surface area contributed by atoms with Crippen LogP contribution in [0, 0.1) is 5.92 Å². The summed E-state index contributed by atoms with van der Waals surface area (Å²) < 4.78 is 5.14. The Kier molecular flexibility index (Phi) is 12.1. The molecule has 1 rings (SSSR count). The molecule has 0 fully saturated rings. The van der Waals surface area contributed by atoms with E-state index >= 15 is 0 Å². The van der Waals surface area contributed by atoms with Crippen molar-refractivity contribution >= 4 is 12.1 Å². The number of carbonyl (C=O) groups excluding carboxylic acids is 1. The molecule has 0 aliphatic rings. The van der Waals surface area contributed by atoms with Crippen LogP contribution < -0.4 is 10.1 Å². The Hall–Kier alpha value is -2.08. The molecule has 26 heavy (non-hydrogen) atoms. The van der Waals surface area contributed by atoms with Crippen molar-refractivity contribution in [2.24, 2.45) is 5.92 Å². The van der Waals surface area contributed by atoms with E-state index in [9.17, 15) is 9.59 Å². The molecule has 0 saturated carbocycles. The van der Waals surface area contributed by atoms with Gasteiger partial charge < -0.3 is 20.1 Å². The van der Waals surface area contributed by atoms with E-state index in [1.54, 1.807) is 6.07 Å². The number of carboxylic acid groups (broad SMARTS) is 1.